The molecule has 1 aliphatic rings. The van der Waals surface area contributed by atoms with E-state index in [-0.39, 0.29) is 78.6 Å². The maximum absolute atomic E-state index is 10.9. The highest BCUT2D eigenvalue weighted by atomic mass is 32.2. The van der Waals surface area contributed by atoms with Gasteiger partial charge in [-0.05, 0) is 65.7 Å². The molecule has 36 nitrogen and oxygen atoms in total. The zero-order valence-electron chi connectivity index (χ0n) is 63.4. The SMILES string of the molecule is CCCNc1c(N)c(=O)c1=O.CCN(C)c1c(N)c(=O)c1=O.CCNc1c(N)c(=O)c1=O.CCNc1c(N)c(=S)c1=S.CCNc1c(SC)c(=O)c1=O.CN(C)c1c(N)c(=O)c1=O.CN(O)c1c(N)c(=O)c1=O.CNC1=C(SC)CC1.CNc1c(N)c(=O)c1=O.CNc1c(N)c(=S)c1=S.CSc1c(N(C)C)c(=O)c1=O. The second kappa shape index (κ2) is 44.2. The molecule has 0 amide bonds. The number of hydrogen-bond acceptors (Lipinski definition) is 43. The third-order valence-electron chi connectivity index (χ3n) is 15.3. The molecule has 1 aliphatic carbocycles. The summed E-state index contributed by atoms with van der Waals surface area (Å²) in [4.78, 5) is 178. The highest BCUT2D eigenvalue weighted by Gasteiger charge is 2.25. The number of nitrogens with zero attached hydrogens (tertiary/aromatic N) is 4. The van der Waals surface area contributed by atoms with Crippen LogP contribution in [0.25, 0.3) is 0 Å². The summed E-state index contributed by atoms with van der Waals surface area (Å²) in [6.07, 6.45) is 9.16. The summed E-state index contributed by atoms with van der Waals surface area (Å²) in [5.41, 5.74) is 40.9. The molecule has 0 radical (unpaired) electrons. The molecular formula is C67H91N19O17S7. The van der Waals surface area contributed by atoms with Crippen LogP contribution >= 0.6 is 84.2 Å². The molecule has 598 valence electrons. The van der Waals surface area contributed by atoms with Gasteiger partial charge >= 0.3 is 0 Å². The average molecular weight is 1660 g/mol. The van der Waals surface area contributed by atoms with Gasteiger partial charge in [-0.3, -0.25) is 87.0 Å². The Balaban J connectivity index is 0.000000606. The molecule has 10 aromatic carbocycles. The van der Waals surface area contributed by atoms with Gasteiger partial charge in [0.15, 0.2) is 0 Å². The third-order valence-corrected chi connectivity index (χ3v) is 19.7. The topological polar surface area (TPSA) is 599 Å². The van der Waals surface area contributed by atoms with Crippen molar-refractivity contribution in [3.8, 4) is 0 Å². The number of allylic oxidation sites excluding steroid dienone is 2. The molecule has 0 saturated carbocycles. The fraction of sp³-hybridized carbons (Fsp3) is 0.373. The first kappa shape index (κ1) is 97.4. The van der Waals surface area contributed by atoms with E-state index in [4.69, 9.17) is 99.9 Å². The molecule has 0 unspecified atom stereocenters. The molecule has 0 fully saturated rings. The van der Waals surface area contributed by atoms with Gasteiger partial charge in [-0.1, -0.05) is 55.8 Å². The quantitative estimate of drug-likeness (QED) is 0.0215. The summed E-state index contributed by atoms with van der Waals surface area (Å²) in [5, 5.41) is 29.1. The van der Waals surface area contributed by atoms with Crippen LogP contribution in [0.3, 0.4) is 0 Å². The van der Waals surface area contributed by atoms with Crippen molar-refractivity contribution in [1.29, 1.82) is 0 Å². The molecule has 43 heteroatoms. The van der Waals surface area contributed by atoms with E-state index in [2.05, 4.69) is 43.5 Å². The summed E-state index contributed by atoms with van der Waals surface area (Å²) >= 11 is 24.0. The number of hydrogen-bond donors (Lipinski definition) is 16. The Labute approximate surface area is 661 Å². The number of rotatable bonds is 20. The lowest BCUT2D eigenvalue weighted by molar-refractivity contribution is 0.278. The predicted octanol–water partition coefficient (Wildman–Crippen LogP) is 0.593. The van der Waals surface area contributed by atoms with Crippen LogP contribution in [-0.4, -0.2) is 120 Å². The van der Waals surface area contributed by atoms with Crippen LogP contribution in [0.2, 0.25) is 0 Å². The van der Waals surface area contributed by atoms with Gasteiger partial charge in [0.25, 0.3) is 76.0 Å². The largest absolute Gasteiger partial charge is 0.396 e. The van der Waals surface area contributed by atoms with E-state index in [9.17, 15) is 76.7 Å². The monoisotopic (exact) mass is 1660 g/mol. The summed E-state index contributed by atoms with van der Waals surface area (Å²) in [5.74, 6) is 0. The Hall–Kier alpha value is -10.6. The lowest BCUT2D eigenvalue weighted by atomic mass is 10.1. The van der Waals surface area contributed by atoms with Gasteiger partial charge in [0.1, 0.15) is 79.6 Å². The first-order chi connectivity index (χ1) is 51.3. The second-order valence-electron chi connectivity index (χ2n) is 22.8. The highest BCUT2D eigenvalue weighted by molar-refractivity contribution is 8.02. The summed E-state index contributed by atoms with van der Waals surface area (Å²) < 4.78 is 2.64. The molecule has 24 N–H and O–H groups in total. The number of anilines is 18. The molecule has 0 atom stereocenters. The van der Waals surface area contributed by atoms with Crippen LogP contribution in [-0.2, 0) is 0 Å². The lowest BCUT2D eigenvalue weighted by Crippen LogP contribution is -2.40. The van der Waals surface area contributed by atoms with Gasteiger partial charge in [-0.25, -0.2) is 0 Å². The first-order valence-electron chi connectivity index (χ1n) is 32.5. The minimum Gasteiger partial charge on any atom is -0.396 e. The molecular weight excluding hydrogens is 1570 g/mol. The normalized spacial score (nSPS) is 10.8. The standard InChI is InChI=1S/2C7H10N2O2.2C7H9NO2S.2C6H8N2O2.C6H8N2S2.C6H11NS.C5H6N2O3.C5H6N2O2.C5H6N2S2/c1-3-9(2)5-4(8)6(10)7(5)11;1-2-3-9-5-4(8)6(10)7(5)11;1-8(2)4-5(9)6(10)7(4)11-3;1-3-8-4-5(9)6(10)7(4)11-2;1-8(2)4-3(7)5(9)6(4)10;2*1-2-8-4-3(7)5(9)6(4)10;1-7-5-3-4-6(5)8-2;1-7(10)3-2(6)4(8)5(3)9;2*1-7-3-2(6)4(8)5(3)9/h3,8H2,1-2H3;9H,2-3,8H2,1H3;1-3H3;8H,3H2,1-2H3;7H2,1-2H3;2*8H,2,7H2,1H3;7H,3-4H2,1-2H3;10H,6H2,1H3;2*7H,6H2,1H3. The molecule has 0 bridgehead atoms. The van der Waals surface area contributed by atoms with Gasteiger partial charge in [-0.15, -0.1) is 35.3 Å². The molecule has 0 spiro atoms. The van der Waals surface area contributed by atoms with Crippen molar-refractivity contribution >= 4 is 187 Å². The van der Waals surface area contributed by atoms with Crippen LogP contribution in [0.5, 0.6) is 0 Å². The second-order valence-corrected chi connectivity index (χ2v) is 27.0. The van der Waals surface area contributed by atoms with Crippen molar-refractivity contribution < 1.29 is 5.21 Å². The first-order valence-corrected chi connectivity index (χ1v) is 37.8. The fourth-order valence-corrected chi connectivity index (χ4v) is 12.0. The number of hydroxylamine groups is 1. The lowest BCUT2D eigenvalue weighted by Gasteiger charge is -2.21. The number of nitrogen functional groups attached to an aromatic ring is 8. The molecule has 0 aliphatic heterocycles. The zero-order chi connectivity index (χ0) is 85.3. The van der Waals surface area contributed by atoms with E-state index in [1.54, 1.807) is 76.5 Å². The molecule has 0 aromatic heterocycles. The minimum absolute atomic E-state index is 0.0440. The van der Waals surface area contributed by atoms with Crippen LogP contribution in [0, 0.1) is 18.0 Å². The average Bonchev–Trinajstić information content (AvgIpc) is 0.792. The van der Waals surface area contributed by atoms with Gasteiger partial charge < -0.3 is 97.8 Å². The van der Waals surface area contributed by atoms with E-state index in [1.807, 2.05) is 53.4 Å². The summed E-state index contributed by atoms with van der Waals surface area (Å²) in [6.45, 7) is 13.0. The van der Waals surface area contributed by atoms with Crippen molar-refractivity contribution in [2.75, 3.05) is 212 Å². The number of thioether (sulfide) groups is 3. The van der Waals surface area contributed by atoms with Crippen LogP contribution in [0.15, 0.2) is 97.1 Å². The number of nitrogens with two attached hydrogens (primary N) is 8. The Morgan fingerprint density at radius 2 is 0.682 bits per heavy atom. The molecule has 10 aromatic rings. The predicted molar refractivity (Wildman–Crippen MR) is 468 cm³/mol. The van der Waals surface area contributed by atoms with E-state index in [1.165, 1.54) is 54.0 Å². The molecule has 0 heterocycles. The molecule has 110 heavy (non-hydrogen) atoms. The Morgan fingerprint density at radius 1 is 0.345 bits per heavy atom. The summed E-state index contributed by atoms with van der Waals surface area (Å²) in [7, 11) is 15.1. The van der Waals surface area contributed by atoms with Gasteiger partial charge in [0.2, 0.25) is 10.9 Å². The van der Waals surface area contributed by atoms with Crippen molar-refractivity contribution in [2.24, 2.45) is 0 Å². The van der Waals surface area contributed by atoms with Crippen molar-refractivity contribution in [3.05, 3.63) is 192 Å². The van der Waals surface area contributed by atoms with Gasteiger partial charge in [-0.2, -0.15) is 0 Å². The fourth-order valence-electron chi connectivity index (χ4n) is 8.87. The molecule has 0 saturated heterocycles. The third kappa shape index (κ3) is 22.3. The Bertz CT molecular complexity index is 5470. The van der Waals surface area contributed by atoms with Crippen molar-refractivity contribution in [2.45, 2.75) is 63.7 Å². The van der Waals surface area contributed by atoms with E-state index in [0.29, 0.717) is 93.2 Å². The van der Waals surface area contributed by atoms with Crippen molar-refractivity contribution in [1.82, 2.24) is 5.32 Å². The maximum Gasteiger partial charge on any atom is 0.255 e. The Morgan fingerprint density at radius 3 is 0.936 bits per heavy atom. The van der Waals surface area contributed by atoms with Crippen LogP contribution in [0.4, 0.5) is 102 Å². The Kier molecular flexibility index (Phi) is 39.1. The highest BCUT2D eigenvalue weighted by Crippen LogP contribution is 2.33. The minimum atomic E-state index is -0.734. The van der Waals surface area contributed by atoms with Crippen LogP contribution < -0.4 is 190 Å². The van der Waals surface area contributed by atoms with E-state index in [0.717, 1.165) is 24.3 Å². The van der Waals surface area contributed by atoms with Gasteiger partial charge in [0.05, 0.1) is 50.6 Å². The van der Waals surface area contributed by atoms with E-state index >= 15 is 0 Å². The number of nitrogens with one attached hydrogen (secondary N) is 7. The van der Waals surface area contributed by atoms with Gasteiger partial charge in [0, 0.05) is 107 Å². The van der Waals surface area contributed by atoms with Crippen molar-refractivity contribution in [3.63, 3.8) is 0 Å². The maximum atomic E-state index is 10.9. The summed E-state index contributed by atoms with van der Waals surface area (Å²) in [6, 6.07) is 0. The zero-order valence-corrected chi connectivity index (χ0v) is 69.1. The molecule has 11 rings (SSSR count). The van der Waals surface area contributed by atoms with E-state index < -0.39 is 65.1 Å². The smallest absolute Gasteiger partial charge is 0.255 e. The van der Waals surface area contributed by atoms with Crippen LogP contribution in [0.1, 0.15) is 53.9 Å².